The highest BCUT2D eigenvalue weighted by molar-refractivity contribution is 6.03. The van der Waals surface area contributed by atoms with Gasteiger partial charge in [-0.05, 0) is 42.8 Å². The Bertz CT molecular complexity index is 1000. The van der Waals surface area contributed by atoms with Crippen molar-refractivity contribution in [2.24, 2.45) is 0 Å². The Morgan fingerprint density at radius 2 is 1.97 bits per heavy atom. The Hall–Kier alpha value is -3.55. The number of fused-ring (bicyclic) bond motifs is 1. The molecule has 4 rings (SSSR count). The van der Waals surface area contributed by atoms with Gasteiger partial charge in [0, 0.05) is 11.1 Å². The average Bonchev–Trinajstić information content (AvgIpc) is 3.22. The number of unbranched alkanes of at least 4 members (excludes halogenated alkanes) is 1. The van der Waals surface area contributed by atoms with Gasteiger partial charge in [-0.1, -0.05) is 24.5 Å². The van der Waals surface area contributed by atoms with Gasteiger partial charge in [0.2, 0.25) is 5.89 Å². The largest absolute Gasteiger partial charge is 0.494 e. The summed E-state index contributed by atoms with van der Waals surface area (Å²) in [5, 5.41) is 10.5. The fourth-order valence-corrected chi connectivity index (χ4v) is 2.80. The zero-order chi connectivity index (χ0) is 20.1. The van der Waals surface area contributed by atoms with Crippen molar-refractivity contribution in [2.75, 3.05) is 25.1 Å². The summed E-state index contributed by atoms with van der Waals surface area (Å²) in [6.07, 6.45) is 2.00. The van der Waals surface area contributed by atoms with E-state index in [2.05, 4.69) is 22.4 Å². The van der Waals surface area contributed by atoms with Crippen molar-refractivity contribution in [3.8, 4) is 28.7 Å². The van der Waals surface area contributed by atoms with Crippen molar-refractivity contribution in [1.82, 2.24) is 10.2 Å². The monoisotopic (exact) mass is 395 g/mol. The fraction of sp³-hybridized carbons (Fsp3) is 0.286. The number of rotatable bonds is 7. The Morgan fingerprint density at radius 1 is 1.10 bits per heavy atom. The summed E-state index contributed by atoms with van der Waals surface area (Å²) in [5.41, 5.74) is 1.12. The van der Waals surface area contributed by atoms with E-state index in [1.54, 1.807) is 36.4 Å². The second-order valence-corrected chi connectivity index (χ2v) is 6.45. The average molecular weight is 395 g/mol. The fourth-order valence-electron chi connectivity index (χ4n) is 2.80. The van der Waals surface area contributed by atoms with Crippen LogP contribution in [0.5, 0.6) is 17.2 Å². The molecule has 0 spiro atoms. The van der Waals surface area contributed by atoms with Crippen molar-refractivity contribution in [1.29, 1.82) is 0 Å². The van der Waals surface area contributed by atoms with E-state index in [1.807, 2.05) is 6.07 Å². The van der Waals surface area contributed by atoms with Crippen LogP contribution in [0.15, 0.2) is 46.9 Å². The molecule has 0 fully saturated rings. The van der Waals surface area contributed by atoms with Gasteiger partial charge in [0.05, 0.1) is 6.61 Å². The van der Waals surface area contributed by atoms with Crippen molar-refractivity contribution in [3.05, 3.63) is 48.0 Å². The van der Waals surface area contributed by atoms with E-state index in [0.717, 1.165) is 12.8 Å². The van der Waals surface area contributed by atoms with E-state index in [4.69, 9.17) is 18.6 Å². The number of carbonyl (C=O) groups excluding carboxylic acids is 1. The normalized spacial score (nSPS) is 12.4. The number of nitrogens with zero attached hydrogens (tertiary/aromatic N) is 2. The molecule has 1 aliphatic heterocycles. The van der Waals surface area contributed by atoms with Gasteiger partial charge >= 0.3 is 6.01 Å². The number of benzene rings is 2. The molecule has 0 radical (unpaired) electrons. The third-order valence-corrected chi connectivity index (χ3v) is 4.30. The second kappa shape index (κ2) is 8.64. The highest BCUT2D eigenvalue weighted by Gasteiger charge is 2.17. The molecule has 150 valence electrons. The van der Waals surface area contributed by atoms with Crippen LogP contribution < -0.4 is 19.5 Å². The van der Waals surface area contributed by atoms with Crippen molar-refractivity contribution in [3.63, 3.8) is 0 Å². The summed E-state index contributed by atoms with van der Waals surface area (Å²) < 4.78 is 22.3. The van der Waals surface area contributed by atoms with E-state index in [9.17, 15) is 4.79 Å². The molecule has 0 unspecified atom stereocenters. The van der Waals surface area contributed by atoms with E-state index in [1.165, 1.54) is 0 Å². The predicted molar refractivity (Wildman–Crippen MR) is 106 cm³/mol. The zero-order valence-corrected chi connectivity index (χ0v) is 16.0. The van der Waals surface area contributed by atoms with Gasteiger partial charge in [-0.3, -0.25) is 10.1 Å². The Kier molecular flexibility index (Phi) is 5.60. The highest BCUT2D eigenvalue weighted by Crippen LogP contribution is 2.34. The molecule has 1 aromatic heterocycles. The molecular weight excluding hydrogens is 374 g/mol. The first-order chi connectivity index (χ1) is 14.2. The molecule has 1 amide bonds. The van der Waals surface area contributed by atoms with E-state index in [0.29, 0.717) is 48.2 Å². The van der Waals surface area contributed by atoms with Gasteiger partial charge in [0.15, 0.2) is 11.5 Å². The quantitative estimate of drug-likeness (QED) is 0.605. The molecule has 3 aromatic rings. The van der Waals surface area contributed by atoms with Crippen LogP contribution in [0.2, 0.25) is 0 Å². The van der Waals surface area contributed by atoms with E-state index >= 15 is 0 Å². The molecule has 0 saturated carbocycles. The molecule has 2 heterocycles. The number of nitrogens with one attached hydrogen (secondary N) is 1. The minimum absolute atomic E-state index is 0.0113. The van der Waals surface area contributed by atoms with Gasteiger partial charge in [-0.25, -0.2) is 0 Å². The number of carbonyl (C=O) groups is 1. The lowest BCUT2D eigenvalue weighted by molar-refractivity contribution is 0.102. The zero-order valence-electron chi connectivity index (χ0n) is 16.0. The Morgan fingerprint density at radius 3 is 2.83 bits per heavy atom. The maximum atomic E-state index is 12.5. The minimum Gasteiger partial charge on any atom is -0.494 e. The minimum atomic E-state index is -0.358. The number of aromatic nitrogens is 2. The van der Waals surface area contributed by atoms with Gasteiger partial charge in [-0.15, -0.1) is 5.10 Å². The maximum Gasteiger partial charge on any atom is 0.322 e. The van der Waals surface area contributed by atoms with Gasteiger partial charge in [0.25, 0.3) is 5.91 Å². The summed E-state index contributed by atoms with van der Waals surface area (Å²) in [5.74, 6) is 1.86. The molecule has 0 aliphatic carbocycles. The lowest BCUT2D eigenvalue weighted by atomic mass is 10.2. The van der Waals surface area contributed by atoms with Crippen molar-refractivity contribution < 1.29 is 23.4 Å². The molecule has 8 nitrogen and oxygen atoms in total. The lowest BCUT2D eigenvalue weighted by Crippen LogP contribution is -2.15. The summed E-state index contributed by atoms with van der Waals surface area (Å²) >= 11 is 0. The number of hydrogen-bond acceptors (Lipinski definition) is 7. The second-order valence-electron chi connectivity index (χ2n) is 6.45. The van der Waals surface area contributed by atoms with Crippen LogP contribution in [-0.2, 0) is 0 Å². The highest BCUT2D eigenvalue weighted by atomic mass is 16.6. The van der Waals surface area contributed by atoms with E-state index in [-0.39, 0.29) is 17.8 Å². The molecule has 8 heteroatoms. The van der Waals surface area contributed by atoms with Gasteiger partial charge in [-0.2, -0.15) is 0 Å². The molecule has 1 aliphatic rings. The molecule has 0 bridgehead atoms. The third kappa shape index (κ3) is 4.48. The maximum absolute atomic E-state index is 12.5. The summed E-state index contributed by atoms with van der Waals surface area (Å²) in [7, 11) is 0. The van der Waals surface area contributed by atoms with Crippen molar-refractivity contribution in [2.45, 2.75) is 19.8 Å². The number of hydrogen-bond donors (Lipinski definition) is 1. The van der Waals surface area contributed by atoms with Crippen LogP contribution in [0.4, 0.5) is 6.01 Å². The number of anilines is 1. The molecule has 29 heavy (non-hydrogen) atoms. The first-order valence-corrected chi connectivity index (χ1v) is 9.50. The molecule has 0 atom stereocenters. The van der Waals surface area contributed by atoms with E-state index < -0.39 is 0 Å². The van der Waals surface area contributed by atoms with Crippen LogP contribution in [0.3, 0.4) is 0 Å². The molecule has 1 N–H and O–H groups in total. The Labute approximate surface area is 167 Å². The third-order valence-electron chi connectivity index (χ3n) is 4.30. The molecule has 0 saturated heterocycles. The summed E-state index contributed by atoms with van der Waals surface area (Å²) in [4.78, 5) is 12.5. The summed E-state index contributed by atoms with van der Waals surface area (Å²) in [6, 6.07) is 12.3. The first kappa shape index (κ1) is 18.8. The van der Waals surface area contributed by atoms with Gasteiger partial charge < -0.3 is 18.6 Å². The van der Waals surface area contributed by atoms with Crippen LogP contribution in [-0.4, -0.2) is 35.9 Å². The topological polar surface area (TPSA) is 95.7 Å². The Balaban J connectivity index is 1.44. The molecular formula is C21H21N3O5. The number of ether oxygens (including phenoxy) is 3. The molecule has 2 aromatic carbocycles. The van der Waals surface area contributed by atoms with Crippen LogP contribution in [0, 0.1) is 0 Å². The summed E-state index contributed by atoms with van der Waals surface area (Å²) in [6.45, 7) is 3.72. The first-order valence-electron chi connectivity index (χ1n) is 9.50. The van der Waals surface area contributed by atoms with Crippen LogP contribution in [0.25, 0.3) is 11.5 Å². The predicted octanol–water partition coefficient (Wildman–Crippen LogP) is 3.94. The number of amides is 1. The van der Waals surface area contributed by atoms with Gasteiger partial charge in [0.1, 0.15) is 19.0 Å². The SMILES string of the molecule is CCCCOc1cccc(C(=O)Nc2nnc(-c3ccc4c(c3)OCCO4)o2)c1. The standard InChI is InChI=1S/C21H21N3O5/c1-2-3-9-26-16-6-4-5-14(12-16)19(25)22-21-24-23-20(29-21)15-7-8-17-18(13-15)28-11-10-27-17/h4-8,12-13H,2-3,9-11H2,1H3,(H,22,24,25). The van der Waals surface area contributed by atoms with Crippen LogP contribution in [0.1, 0.15) is 30.1 Å². The smallest absolute Gasteiger partial charge is 0.322 e. The van der Waals surface area contributed by atoms with Crippen LogP contribution >= 0.6 is 0 Å². The lowest BCUT2D eigenvalue weighted by Gasteiger charge is -2.18. The van der Waals surface area contributed by atoms with Crippen molar-refractivity contribution >= 4 is 11.9 Å².